The van der Waals surface area contributed by atoms with Crippen LogP contribution in [0.5, 0.6) is 0 Å². The van der Waals surface area contributed by atoms with Gasteiger partial charge in [-0.1, -0.05) is 135 Å². The molecule has 0 aromatic carbocycles. The summed E-state index contributed by atoms with van der Waals surface area (Å²) >= 11 is 0. The zero-order valence-electron chi connectivity index (χ0n) is 32.4. The number of nitrogens with zero attached hydrogens (tertiary/aromatic N) is 1. The Bertz CT molecular complexity index is 860. The van der Waals surface area contributed by atoms with E-state index in [2.05, 4.69) is 26.0 Å². The van der Waals surface area contributed by atoms with Crippen molar-refractivity contribution in [2.24, 2.45) is 0 Å². The molecule has 0 fully saturated rings. The Hall–Kier alpha value is -1.25. The van der Waals surface area contributed by atoms with E-state index in [-0.39, 0.29) is 32.0 Å². The summed E-state index contributed by atoms with van der Waals surface area (Å²) in [5.74, 6) is -0.840. The lowest BCUT2D eigenvalue weighted by Crippen LogP contribution is -2.37. The normalized spacial score (nSPS) is 13.8. The fraction of sp³-hybridized carbons (Fsp3) is 0.897. The zero-order valence-corrected chi connectivity index (χ0v) is 33.3. The number of allylic oxidation sites excluding steroid dienone is 2. The highest BCUT2D eigenvalue weighted by molar-refractivity contribution is 7.45. The first-order valence-corrected chi connectivity index (χ1v) is 21.4. The number of carbonyl (C=O) groups is 2. The lowest BCUT2D eigenvalue weighted by Gasteiger charge is -2.28. The number of unbranched alkanes of at least 4 members (excludes halogenated alkanes) is 20. The molecule has 9 nitrogen and oxygen atoms in total. The monoisotopic (exact) mass is 718 g/mol. The van der Waals surface area contributed by atoms with E-state index >= 15 is 0 Å². The maximum atomic E-state index is 12.6. The summed E-state index contributed by atoms with van der Waals surface area (Å²) in [6.07, 6.45) is 31.0. The summed E-state index contributed by atoms with van der Waals surface area (Å²) in [5.41, 5.74) is 0. The molecule has 0 heterocycles. The average molecular weight is 718 g/mol. The summed E-state index contributed by atoms with van der Waals surface area (Å²) in [6.45, 7) is 4.18. The third kappa shape index (κ3) is 36.3. The predicted molar refractivity (Wildman–Crippen MR) is 199 cm³/mol. The molecule has 0 spiro atoms. The van der Waals surface area contributed by atoms with Gasteiger partial charge in [-0.3, -0.25) is 14.2 Å². The minimum Gasteiger partial charge on any atom is -0.756 e. The van der Waals surface area contributed by atoms with Crippen LogP contribution in [0.3, 0.4) is 0 Å². The van der Waals surface area contributed by atoms with Crippen LogP contribution in [0.15, 0.2) is 12.2 Å². The first-order chi connectivity index (χ1) is 23.5. The molecule has 0 rings (SSSR count). The molecule has 0 aliphatic rings. The lowest BCUT2D eigenvalue weighted by atomic mass is 10.1. The smallest absolute Gasteiger partial charge is 0.306 e. The minimum atomic E-state index is -4.61. The molecule has 49 heavy (non-hydrogen) atoms. The van der Waals surface area contributed by atoms with Gasteiger partial charge in [0.1, 0.15) is 19.8 Å². The Balaban J connectivity index is 4.34. The molecule has 0 saturated heterocycles. The zero-order chi connectivity index (χ0) is 36.5. The van der Waals surface area contributed by atoms with Crippen molar-refractivity contribution in [1.29, 1.82) is 0 Å². The van der Waals surface area contributed by atoms with Crippen LogP contribution in [-0.2, 0) is 32.7 Å². The number of esters is 2. The molecule has 0 saturated carbocycles. The van der Waals surface area contributed by atoms with Crippen LogP contribution in [0.2, 0.25) is 0 Å². The molecule has 0 aliphatic heterocycles. The maximum Gasteiger partial charge on any atom is 0.306 e. The van der Waals surface area contributed by atoms with Gasteiger partial charge < -0.3 is 27.9 Å². The number of ether oxygens (including phenoxy) is 2. The van der Waals surface area contributed by atoms with Gasteiger partial charge in [0.25, 0.3) is 7.82 Å². The van der Waals surface area contributed by atoms with Gasteiger partial charge in [-0.25, -0.2) is 0 Å². The molecule has 0 aromatic rings. The quantitative estimate of drug-likeness (QED) is 0.0207. The van der Waals surface area contributed by atoms with Gasteiger partial charge in [-0.15, -0.1) is 0 Å². The van der Waals surface area contributed by atoms with Gasteiger partial charge in [0.2, 0.25) is 0 Å². The van der Waals surface area contributed by atoms with E-state index in [1.165, 1.54) is 96.3 Å². The first kappa shape index (κ1) is 47.8. The Kier molecular flexibility index (Phi) is 31.8. The number of phosphoric acid groups is 1. The van der Waals surface area contributed by atoms with E-state index in [0.29, 0.717) is 17.4 Å². The largest absolute Gasteiger partial charge is 0.756 e. The second-order valence-corrected chi connectivity index (χ2v) is 16.1. The molecule has 0 N–H and O–H groups in total. The Morgan fingerprint density at radius 3 is 1.51 bits per heavy atom. The number of phosphoric ester groups is 1. The van der Waals surface area contributed by atoms with Crippen LogP contribution >= 0.6 is 7.82 Å². The molecule has 2 atom stereocenters. The number of hydrogen-bond acceptors (Lipinski definition) is 8. The van der Waals surface area contributed by atoms with E-state index < -0.39 is 26.5 Å². The van der Waals surface area contributed by atoms with Gasteiger partial charge in [0, 0.05) is 12.8 Å². The number of rotatable bonds is 36. The topological polar surface area (TPSA) is 111 Å². The average Bonchev–Trinajstić information content (AvgIpc) is 3.04. The lowest BCUT2D eigenvalue weighted by molar-refractivity contribution is -0.870. The van der Waals surface area contributed by atoms with Crippen LogP contribution in [0.1, 0.15) is 174 Å². The van der Waals surface area contributed by atoms with Gasteiger partial charge in [0.15, 0.2) is 6.10 Å². The fourth-order valence-electron chi connectivity index (χ4n) is 5.35. The van der Waals surface area contributed by atoms with Gasteiger partial charge in [-0.2, -0.15) is 0 Å². The van der Waals surface area contributed by atoms with Crippen LogP contribution in [0, 0.1) is 0 Å². The number of quaternary nitrogens is 1. The second kappa shape index (κ2) is 32.6. The summed E-state index contributed by atoms with van der Waals surface area (Å²) in [5, 5.41) is 0. The molecule has 0 radical (unpaired) electrons. The van der Waals surface area contributed by atoms with E-state index in [4.69, 9.17) is 18.5 Å². The molecule has 10 heteroatoms. The highest BCUT2D eigenvalue weighted by atomic mass is 31.2. The van der Waals surface area contributed by atoms with Crippen LogP contribution < -0.4 is 4.89 Å². The Morgan fingerprint density at radius 2 is 1.04 bits per heavy atom. The van der Waals surface area contributed by atoms with E-state index in [1.807, 2.05) is 21.1 Å². The number of hydrogen-bond donors (Lipinski definition) is 0. The van der Waals surface area contributed by atoms with Gasteiger partial charge in [0.05, 0.1) is 27.7 Å². The van der Waals surface area contributed by atoms with Crippen molar-refractivity contribution in [1.82, 2.24) is 0 Å². The molecule has 0 aromatic heterocycles. The number of carbonyl (C=O) groups excluding carboxylic acids is 2. The summed E-state index contributed by atoms with van der Waals surface area (Å²) in [6, 6.07) is 0. The third-order valence-electron chi connectivity index (χ3n) is 8.54. The summed E-state index contributed by atoms with van der Waals surface area (Å²) < 4.78 is 33.7. The molecule has 0 aliphatic carbocycles. The highest BCUT2D eigenvalue weighted by Gasteiger charge is 2.21. The van der Waals surface area contributed by atoms with Crippen molar-refractivity contribution < 1.29 is 42.1 Å². The molecular formula is C39H76NO8P. The molecule has 0 amide bonds. The van der Waals surface area contributed by atoms with Crippen molar-refractivity contribution in [2.45, 2.75) is 180 Å². The summed E-state index contributed by atoms with van der Waals surface area (Å²) in [7, 11) is 1.17. The first-order valence-electron chi connectivity index (χ1n) is 19.9. The summed E-state index contributed by atoms with van der Waals surface area (Å²) in [4.78, 5) is 37.2. The highest BCUT2D eigenvalue weighted by Crippen LogP contribution is 2.38. The maximum absolute atomic E-state index is 12.6. The third-order valence-corrected chi connectivity index (χ3v) is 9.50. The molecule has 0 bridgehead atoms. The van der Waals surface area contributed by atoms with Crippen molar-refractivity contribution in [3.8, 4) is 0 Å². The predicted octanol–water partition coefficient (Wildman–Crippen LogP) is 10.00. The molecule has 290 valence electrons. The fourth-order valence-corrected chi connectivity index (χ4v) is 6.08. The van der Waals surface area contributed by atoms with Crippen molar-refractivity contribution in [3.05, 3.63) is 12.2 Å². The van der Waals surface area contributed by atoms with E-state index in [1.54, 1.807) is 0 Å². The SMILES string of the molecule is CCCCCCCC/C=C\CCCCCCCCCC(=O)OC(COC(=O)CCCCCCCCCC)COP(=O)([O-])OCC[N+](C)(C)C. The number of likely N-dealkylation sites (N-methyl/N-ethyl adjacent to an activating group) is 1. The van der Waals surface area contributed by atoms with E-state index in [0.717, 1.165) is 44.9 Å². The van der Waals surface area contributed by atoms with Crippen molar-refractivity contribution in [3.63, 3.8) is 0 Å². The van der Waals surface area contributed by atoms with Crippen molar-refractivity contribution >= 4 is 19.8 Å². The Morgan fingerprint density at radius 1 is 0.612 bits per heavy atom. The minimum absolute atomic E-state index is 0.0291. The molecule has 2 unspecified atom stereocenters. The van der Waals surface area contributed by atoms with Gasteiger partial charge in [-0.05, 0) is 38.5 Å². The second-order valence-electron chi connectivity index (χ2n) is 14.7. The van der Waals surface area contributed by atoms with Crippen LogP contribution in [0.25, 0.3) is 0 Å². The van der Waals surface area contributed by atoms with Crippen molar-refractivity contribution in [2.75, 3.05) is 47.5 Å². The standard InChI is InChI=1S/C39H76NO8P/c1-6-8-10-12-14-16-17-18-19-20-21-22-23-24-26-28-30-32-39(42)48-37(36-47-49(43,44)46-34-33-40(3,4)5)35-45-38(41)31-29-27-25-15-13-11-9-7-2/h18-19,37H,6-17,20-36H2,1-5H3/b19-18-. The van der Waals surface area contributed by atoms with E-state index in [9.17, 15) is 19.0 Å². The van der Waals surface area contributed by atoms with Crippen LogP contribution in [-0.4, -0.2) is 70.0 Å². The van der Waals surface area contributed by atoms with Gasteiger partial charge >= 0.3 is 11.9 Å². The molecular weight excluding hydrogens is 641 g/mol. The Labute approximate surface area is 301 Å². The van der Waals surface area contributed by atoms with Crippen LogP contribution in [0.4, 0.5) is 0 Å².